The summed E-state index contributed by atoms with van der Waals surface area (Å²) in [4.78, 5) is 42.8. The number of nitrogens with one attached hydrogen (secondary N) is 2. The Hall–Kier alpha value is -3.35. The number of hydrogen-bond donors (Lipinski definition) is 2. The number of carbonyl (C=O) groups is 3. The van der Waals surface area contributed by atoms with E-state index in [1.807, 2.05) is 97.0 Å². The molecule has 3 unspecified atom stereocenters. The first-order valence-electron chi connectivity index (χ1n) is 13.8. The topological polar surface area (TPSA) is 87.7 Å². The van der Waals surface area contributed by atoms with Crippen molar-refractivity contribution in [3.8, 4) is 0 Å². The summed E-state index contributed by atoms with van der Waals surface area (Å²) in [6.07, 6.45) is -0.00938. The molecule has 2 aromatic carbocycles. The number of nitrogens with zero attached hydrogens (tertiary/aromatic N) is 1. The van der Waals surface area contributed by atoms with Crippen LogP contribution in [0, 0.1) is 19.8 Å². The van der Waals surface area contributed by atoms with Crippen LogP contribution in [-0.4, -0.2) is 40.0 Å². The fraction of sp³-hybridized carbons (Fsp3) is 0.531. The Morgan fingerprint density at radius 1 is 0.923 bits per heavy atom. The predicted molar refractivity (Wildman–Crippen MR) is 156 cm³/mol. The normalized spacial score (nSPS) is 14.1. The van der Waals surface area contributed by atoms with Crippen molar-refractivity contribution in [3.63, 3.8) is 0 Å². The van der Waals surface area contributed by atoms with Crippen molar-refractivity contribution in [1.82, 2.24) is 15.5 Å². The van der Waals surface area contributed by atoms with E-state index in [1.54, 1.807) is 25.7 Å². The van der Waals surface area contributed by atoms with E-state index in [-0.39, 0.29) is 17.7 Å². The van der Waals surface area contributed by atoms with Gasteiger partial charge in [0.1, 0.15) is 17.7 Å². The number of carbonyl (C=O) groups excluding carboxylic acids is 3. The van der Waals surface area contributed by atoms with Gasteiger partial charge in [0.05, 0.1) is 0 Å². The summed E-state index contributed by atoms with van der Waals surface area (Å²) >= 11 is 0. The minimum Gasteiger partial charge on any atom is -0.444 e. The highest BCUT2D eigenvalue weighted by Crippen LogP contribution is 2.32. The number of ether oxygens (including phenoxy) is 1. The lowest BCUT2D eigenvalue weighted by molar-refractivity contribution is -0.149. The molecule has 0 saturated heterocycles. The highest BCUT2D eigenvalue weighted by Gasteiger charge is 2.43. The van der Waals surface area contributed by atoms with E-state index in [0.717, 1.165) is 16.7 Å². The monoisotopic (exact) mass is 537 g/mol. The SMILES string of the molecule is CCC(C)C(NC(=O)OC(C)(C)C)C(=O)N(C(C(=O)NCc1ccccc1)c1ccc(C)c(C)c1)C(C)(C)C. The zero-order valence-electron chi connectivity index (χ0n) is 25.3. The van der Waals surface area contributed by atoms with E-state index >= 15 is 0 Å². The van der Waals surface area contributed by atoms with E-state index in [9.17, 15) is 14.4 Å². The summed E-state index contributed by atoms with van der Waals surface area (Å²) in [7, 11) is 0. The minimum atomic E-state index is -0.910. The number of aryl methyl sites for hydroxylation is 2. The van der Waals surface area contributed by atoms with Gasteiger partial charge in [0.2, 0.25) is 11.8 Å². The molecular weight excluding hydrogens is 490 g/mol. The van der Waals surface area contributed by atoms with Crippen LogP contribution in [0.15, 0.2) is 48.5 Å². The first kappa shape index (κ1) is 31.9. The van der Waals surface area contributed by atoms with Crippen molar-refractivity contribution in [2.75, 3.05) is 0 Å². The van der Waals surface area contributed by atoms with Crippen LogP contribution in [0.4, 0.5) is 4.79 Å². The summed E-state index contributed by atoms with van der Waals surface area (Å²) in [5, 5.41) is 5.86. The maximum atomic E-state index is 14.4. The standard InChI is InChI=1S/C32H47N3O4/c1-11-21(2)26(34-30(38)39-32(8,9)10)29(37)35(31(5,6)7)27(25-18-17-22(3)23(4)19-25)28(36)33-20-24-15-13-12-14-16-24/h12-19,21,26-27H,11,20H2,1-10H3,(H,33,36)(H,34,38). The van der Waals surface area contributed by atoms with Crippen molar-refractivity contribution in [2.45, 2.75) is 105 Å². The quantitative estimate of drug-likeness (QED) is 0.397. The Kier molecular flexibility index (Phi) is 10.7. The fourth-order valence-electron chi connectivity index (χ4n) is 4.35. The summed E-state index contributed by atoms with van der Waals surface area (Å²) in [6.45, 7) is 19.3. The Morgan fingerprint density at radius 3 is 2.05 bits per heavy atom. The molecule has 7 nitrogen and oxygen atoms in total. The zero-order valence-corrected chi connectivity index (χ0v) is 25.3. The Bertz CT molecular complexity index is 1130. The third-order valence-corrected chi connectivity index (χ3v) is 6.77. The van der Waals surface area contributed by atoms with Crippen LogP contribution in [0.2, 0.25) is 0 Å². The lowest BCUT2D eigenvalue weighted by atomic mass is 9.91. The van der Waals surface area contributed by atoms with Gasteiger partial charge in [-0.2, -0.15) is 0 Å². The van der Waals surface area contributed by atoms with Crippen LogP contribution in [0.1, 0.15) is 90.1 Å². The molecule has 0 aliphatic heterocycles. The molecule has 7 heteroatoms. The van der Waals surface area contributed by atoms with E-state index in [0.29, 0.717) is 18.5 Å². The second kappa shape index (κ2) is 13.1. The molecule has 0 aromatic heterocycles. The number of hydrogen-bond acceptors (Lipinski definition) is 4. The Balaban J connectivity index is 2.57. The largest absolute Gasteiger partial charge is 0.444 e. The lowest BCUT2D eigenvalue weighted by Crippen LogP contribution is -2.60. The molecule has 0 radical (unpaired) electrons. The maximum Gasteiger partial charge on any atom is 0.408 e. The van der Waals surface area contributed by atoms with Crippen LogP contribution in [0.25, 0.3) is 0 Å². The van der Waals surface area contributed by atoms with Gasteiger partial charge in [-0.3, -0.25) is 9.59 Å². The molecule has 0 spiro atoms. The van der Waals surface area contributed by atoms with E-state index < -0.39 is 29.3 Å². The summed E-state index contributed by atoms with van der Waals surface area (Å²) < 4.78 is 5.49. The number of amides is 3. The van der Waals surface area contributed by atoms with Crippen LogP contribution in [0.3, 0.4) is 0 Å². The second-order valence-electron chi connectivity index (χ2n) is 12.3. The zero-order chi connectivity index (χ0) is 29.5. The molecule has 2 aromatic rings. The van der Waals surface area contributed by atoms with Crippen LogP contribution in [0.5, 0.6) is 0 Å². The summed E-state index contributed by atoms with van der Waals surface area (Å²) in [6, 6.07) is 13.7. The van der Waals surface area contributed by atoms with E-state index in [2.05, 4.69) is 10.6 Å². The second-order valence-corrected chi connectivity index (χ2v) is 12.3. The molecule has 0 heterocycles. The average molecular weight is 538 g/mol. The molecule has 0 aliphatic rings. The van der Waals surface area contributed by atoms with Crippen LogP contribution >= 0.6 is 0 Å². The molecule has 0 bridgehead atoms. The van der Waals surface area contributed by atoms with Gasteiger partial charge in [-0.15, -0.1) is 0 Å². The molecule has 3 amide bonds. The number of alkyl carbamates (subject to hydrolysis) is 1. The summed E-state index contributed by atoms with van der Waals surface area (Å²) in [5.74, 6) is -0.811. The molecule has 0 aliphatic carbocycles. The molecule has 2 rings (SSSR count). The lowest BCUT2D eigenvalue weighted by Gasteiger charge is -2.44. The van der Waals surface area contributed by atoms with Crippen molar-refractivity contribution >= 4 is 17.9 Å². The molecular formula is C32H47N3O4. The highest BCUT2D eigenvalue weighted by atomic mass is 16.6. The minimum absolute atomic E-state index is 0.192. The first-order chi connectivity index (χ1) is 18.0. The smallest absolute Gasteiger partial charge is 0.408 e. The highest BCUT2D eigenvalue weighted by molar-refractivity contribution is 5.92. The predicted octanol–water partition coefficient (Wildman–Crippen LogP) is 6.23. The summed E-state index contributed by atoms with van der Waals surface area (Å²) in [5.41, 5.74) is 2.34. The van der Waals surface area contributed by atoms with Crippen LogP contribution in [-0.2, 0) is 20.9 Å². The Morgan fingerprint density at radius 2 is 1.54 bits per heavy atom. The molecule has 214 valence electrons. The van der Waals surface area contributed by atoms with E-state index in [4.69, 9.17) is 4.74 Å². The molecule has 0 saturated carbocycles. The van der Waals surface area contributed by atoms with Gasteiger partial charge < -0.3 is 20.3 Å². The molecule has 2 N–H and O–H groups in total. The van der Waals surface area contributed by atoms with Crippen molar-refractivity contribution < 1.29 is 19.1 Å². The third kappa shape index (κ3) is 9.12. The van der Waals surface area contributed by atoms with Gasteiger partial charge in [0.15, 0.2) is 0 Å². The van der Waals surface area contributed by atoms with Gasteiger partial charge >= 0.3 is 6.09 Å². The fourth-order valence-corrected chi connectivity index (χ4v) is 4.35. The third-order valence-electron chi connectivity index (χ3n) is 6.77. The average Bonchev–Trinajstić information content (AvgIpc) is 2.84. The molecule has 39 heavy (non-hydrogen) atoms. The van der Waals surface area contributed by atoms with Crippen molar-refractivity contribution in [2.24, 2.45) is 5.92 Å². The van der Waals surface area contributed by atoms with Gasteiger partial charge in [0, 0.05) is 12.1 Å². The Labute approximate surface area is 234 Å². The molecule has 0 fully saturated rings. The number of rotatable bonds is 9. The van der Waals surface area contributed by atoms with Gasteiger partial charge in [-0.1, -0.05) is 68.8 Å². The van der Waals surface area contributed by atoms with Gasteiger partial charge in [0.25, 0.3) is 0 Å². The van der Waals surface area contributed by atoms with Gasteiger partial charge in [-0.05, 0) is 83.6 Å². The van der Waals surface area contributed by atoms with Crippen molar-refractivity contribution in [1.29, 1.82) is 0 Å². The first-order valence-corrected chi connectivity index (χ1v) is 13.8. The number of benzene rings is 2. The molecule has 3 atom stereocenters. The van der Waals surface area contributed by atoms with E-state index in [1.165, 1.54) is 0 Å². The van der Waals surface area contributed by atoms with Gasteiger partial charge in [-0.25, -0.2) is 4.79 Å². The van der Waals surface area contributed by atoms with Crippen molar-refractivity contribution in [3.05, 3.63) is 70.8 Å². The van der Waals surface area contributed by atoms with Crippen LogP contribution < -0.4 is 10.6 Å². The maximum absolute atomic E-state index is 14.4.